The van der Waals surface area contributed by atoms with Crippen molar-refractivity contribution in [3.63, 3.8) is 0 Å². The molecular formula is C27H28FN3O4. The molecule has 3 aromatic rings. The third-order valence-electron chi connectivity index (χ3n) is 6.86. The monoisotopic (exact) mass is 477 g/mol. The predicted octanol–water partition coefficient (Wildman–Crippen LogP) is 4.03. The highest BCUT2D eigenvalue weighted by Crippen LogP contribution is 2.39. The first-order valence-electron chi connectivity index (χ1n) is 11.9. The van der Waals surface area contributed by atoms with Gasteiger partial charge in [0, 0.05) is 23.9 Å². The summed E-state index contributed by atoms with van der Waals surface area (Å²) < 4.78 is 22.7. The van der Waals surface area contributed by atoms with Crippen LogP contribution in [0.4, 0.5) is 4.39 Å². The van der Waals surface area contributed by atoms with Crippen LogP contribution in [0.25, 0.3) is 0 Å². The molecule has 2 atom stereocenters. The Hall–Kier alpha value is -3.81. The second-order valence-electron chi connectivity index (χ2n) is 9.35. The van der Waals surface area contributed by atoms with Gasteiger partial charge in [-0.2, -0.15) is 0 Å². The van der Waals surface area contributed by atoms with Crippen molar-refractivity contribution in [2.45, 2.75) is 38.8 Å². The van der Waals surface area contributed by atoms with E-state index in [0.717, 1.165) is 5.56 Å². The molecule has 0 spiro atoms. The Morgan fingerprint density at radius 2 is 1.83 bits per heavy atom. The lowest BCUT2D eigenvalue weighted by atomic mass is 9.95. The first-order valence-corrected chi connectivity index (χ1v) is 11.9. The molecule has 0 fully saturated rings. The molecule has 2 aromatic carbocycles. The lowest BCUT2D eigenvalue weighted by molar-refractivity contribution is 0.0510. The minimum Gasteiger partial charge on any atom is -0.502 e. The normalized spacial score (nSPS) is 20.1. The van der Waals surface area contributed by atoms with Crippen LogP contribution in [0.1, 0.15) is 54.3 Å². The lowest BCUT2D eigenvalue weighted by Gasteiger charge is -2.47. The van der Waals surface area contributed by atoms with Crippen LogP contribution in [0.3, 0.4) is 0 Å². The van der Waals surface area contributed by atoms with E-state index >= 15 is 4.39 Å². The molecule has 0 aliphatic carbocycles. The van der Waals surface area contributed by atoms with Crippen molar-refractivity contribution >= 4 is 5.91 Å². The number of aromatic nitrogens is 1. The number of para-hydroxylation sites is 1. The minimum atomic E-state index is -0.622. The van der Waals surface area contributed by atoms with Gasteiger partial charge in [0.1, 0.15) is 12.7 Å². The van der Waals surface area contributed by atoms with Gasteiger partial charge in [-0.1, -0.05) is 56.3 Å². The molecule has 0 saturated heterocycles. The van der Waals surface area contributed by atoms with Crippen LogP contribution in [0.2, 0.25) is 0 Å². The number of hydrogen-bond acceptors (Lipinski definition) is 5. The van der Waals surface area contributed by atoms with Crippen molar-refractivity contribution in [1.29, 1.82) is 0 Å². The first-order chi connectivity index (χ1) is 16.9. The molecule has 2 aliphatic rings. The number of rotatable bonds is 2. The van der Waals surface area contributed by atoms with E-state index in [0.29, 0.717) is 25.0 Å². The van der Waals surface area contributed by atoms with E-state index in [1.807, 2.05) is 55.3 Å². The summed E-state index contributed by atoms with van der Waals surface area (Å²) in [4.78, 5) is 27.8. The Kier molecular flexibility index (Phi) is 5.96. The average molecular weight is 478 g/mol. The molecule has 7 nitrogen and oxygen atoms in total. The number of benzene rings is 2. The highest BCUT2D eigenvalue weighted by atomic mass is 19.1. The van der Waals surface area contributed by atoms with Gasteiger partial charge >= 0.3 is 0 Å². The number of pyridine rings is 1. The average Bonchev–Trinajstić information content (AvgIpc) is 2.87. The number of amides is 1. The number of hydrogen-bond donors (Lipinski definition) is 1. The van der Waals surface area contributed by atoms with Gasteiger partial charge in [0.15, 0.2) is 23.0 Å². The minimum absolute atomic E-state index is 0.0894. The largest absolute Gasteiger partial charge is 0.502 e. The van der Waals surface area contributed by atoms with E-state index in [9.17, 15) is 14.7 Å². The Morgan fingerprint density at radius 1 is 1.06 bits per heavy atom. The van der Waals surface area contributed by atoms with Crippen molar-refractivity contribution in [3.8, 4) is 11.5 Å². The molecule has 0 radical (unpaired) electrons. The van der Waals surface area contributed by atoms with Gasteiger partial charge in [0.2, 0.25) is 5.43 Å². The van der Waals surface area contributed by atoms with E-state index in [1.54, 1.807) is 11.0 Å². The summed E-state index contributed by atoms with van der Waals surface area (Å²) in [5.74, 6) is -1.18. The van der Waals surface area contributed by atoms with E-state index in [4.69, 9.17) is 4.74 Å². The van der Waals surface area contributed by atoms with Gasteiger partial charge in [0.05, 0.1) is 6.61 Å². The zero-order chi connectivity index (χ0) is 24.7. The van der Waals surface area contributed by atoms with Crippen LogP contribution in [-0.4, -0.2) is 39.9 Å². The molecule has 1 aromatic heterocycles. The maximum Gasteiger partial charge on any atom is 0.278 e. The third-order valence-corrected chi connectivity index (χ3v) is 6.86. The zero-order valence-corrected chi connectivity index (χ0v) is 19.7. The van der Waals surface area contributed by atoms with E-state index in [1.165, 1.54) is 23.0 Å². The van der Waals surface area contributed by atoms with Gasteiger partial charge in [0.25, 0.3) is 5.91 Å². The van der Waals surface area contributed by atoms with Gasteiger partial charge < -0.3 is 14.7 Å². The number of fused-ring (bicyclic) bond motifs is 5. The molecule has 1 amide bonds. The summed E-state index contributed by atoms with van der Waals surface area (Å²) in [6.45, 7) is 4.57. The molecular weight excluding hydrogens is 449 g/mol. The number of aromatic hydroxyl groups is 1. The summed E-state index contributed by atoms with van der Waals surface area (Å²) in [5, 5.41) is 12.6. The number of ether oxygens (including phenoxy) is 1. The van der Waals surface area contributed by atoms with E-state index in [2.05, 4.69) is 0 Å². The van der Waals surface area contributed by atoms with Crippen molar-refractivity contribution in [2.24, 2.45) is 5.92 Å². The van der Waals surface area contributed by atoms with Crippen LogP contribution in [0, 0.1) is 11.7 Å². The summed E-state index contributed by atoms with van der Waals surface area (Å²) in [7, 11) is 0. The molecule has 8 heteroatoms. The molecule has 35 heavy (non-hydrogen) atoms. The Labute approximate surface area is 202 Å². The maximum atomic E-state index is 15.1. The molecule has 5 rings (SSSR count). The number of nitrogens with zero attached hydrogens (tertiary/aromatic N) is 3. The molecule has 182 valence electrons. The second-order valence-corrected chi connectivity index (χ2v) is 9.35. The van der Waals surface area contributed by atoms with Crippen LogP contribution < -0.4 is 15.2 Å². The van der Waals surface area contributed by atoms with E-state index in [-0.39, 0.29) is 30.1 Å². The fourth-order valence-corrected chi connectivity index (χ4v) is 5.17. The van der Waals surface area contributed by atoms with Gasteiger partial charge in [-0.25, -0.2) is 4.39 Å². The predicted molar refractivity (Wildman–Crippen MR) is 130 cm³/mol. The highest BCUT2D eigenvalue weighted by molar-refractivity contribution is 5.96. The smallest absolute Gasteiger partial charge is 0.278 e. The zero-order valence-electron chi connectivity index (χ0n) is 19.7. The topological polar surface area (TPSA) is 75.0 Å². The van der Waals surface area contributed by atoms with Gasteiger partial charge in [-0.15, -0.1) is 0 Å². The highest BCUT2D eigenvalue weighted by Gasteiger charge is 2.41. The Bertz CT molecular complexity index is 1310. The maximum absolute atomic E-state index is 15.1. The summed E-state index contributed by atoms with van der Waals surface area (Å²) in [5.41, 5.74) is 0.732. The molecule has 3 heterocycles. The third kappa shape index (κ3) is 3.92. The number of carbonyl (C=O) groups excluding carboxylic acids is 1. The van der Waals surface area contributed by atoms with Crippen LogP contribution in [0.15, 0.2) is 65.6 Å². The fraction of sp³-hybridized carbons (Fsp3) is 0.333. The SMILES string of the molecule is CC(C)[C@H]1CCCOc2c(F)cccc2C(c2ccccc2)N2CN1C(=O)c1c(O)c(=O)ccn12. The van der Waals surface area contributed by atoms with Crippen molar-refractivity contribution in [1.82, 2.24) is 9.58 Å². The van der Waals surface area contributed by atoms with E-state index < -0.39 is 28.9 Å². The molecule has 0 saturated carbocycles. The van der Waals surface area contributed by atoms with Crippen LogP contribution >= 0.6 is 0 Å². The number of halogens is 1. The van der Waals surface area contributed by atoms with Gasteiger partial charge in [-0.05, 0) is 30.4 Å². The molecule has 1 unspecified atom stereocenters. The van der Waals surface area contributed by atoms with Crippen molar-refractivity contribution in [2.75, 3.05) is 18.3 Å². The Morgan fingerprint density at radius 3 is 2.57 bits per heavy atom. The summed E-state index contributed by atoms with van der Waals surface area (Å²) in [6.07, 6.45) is 2.74. The molecule has 2 bridgehead atoms. The quantitative estimate of drug-likeness (QED) is 0.603. The van der Waals surface area contributed by atoms with Crippen molar-refractivity contribution in [3.05, 3.63) is 93.7 Å². The fourth-order valence-electron chi connectivity index (χ4n) is 5.17. The summed E-state index contributed by atoms with van der Waals surface area (Å²) in [6, 6.07) is 14.9. The van der Waals surface area contributed by atoms with Crippen LogP contribution in [-0.2, 0) is 0 Å². The number of carbonyl (C=O) groups is 1. The molecule has 1 N–H and O–H groups in total. The standard InChI is InChI=1S/C27H28FN3O4/c1-17(2)21-12-7-15-35-26-19(10-6-11-20(26)28)23(18-8-4-3-5-9-18)31-16-29(21)27(34)24-25(33)22(32)13-14-30(24)31/h3-6,8-11,13-14,17,21,23,33H,7,12,15-16H2,1-2H3/t21-,23?/m1/s1. The Balaban J connectivity index is 1.82. The second kappa shape index (κ2) is 9.09. The lowest BCUT2D eigenvalue weighted by Crippen LogP contribution is -2.59. The first kappa shape index (κ1) is 23.0. The van der Waals surface area contributed by atoms with Gasteiger partial charge in [-0.3, -0.25) is 19.3 Å². The summed E-state index contributed by atoms with van der Waals surface area (Å²) >= 11 is 0. The van der Waals surface area contributed by atoms with Crippen LogP contribution in [0.5, 0.6) is 11.5 Å². The van der Waals surface area contributed by atoms with Crippen molar-refractivity contribution < 1.29 is 19.0 Å². The molecule has 2 aliphatic heterocycles.